The zero-order valence-electron chi connectivity index (χ0n) is 13.4. The standard InChI is InChI=1S/C17H24BrNO3/c1-16(2,3)17(14-11-21-8-9-22-14)7-6-12(13(18)10-17)4-5-15(19)20/h4-7,14H,8-11H2,1-3H3,(H2,19,20). The van der Waals surface area contributed by atoms with Crippen LogP contribution in [-0.2, 0) is 14.3 Å². The van der Waals surface area contributed by atoms with E-state index < -0.39 is 5.91 Å². The van der Waals surface area contributed by atoms with Crippen molar-refractivity contribution in [3.63, 3.8) is 0 Å². The molecule has 2 N–H and O–H groups in total. The summed E-state index contributed by atoms with van der Waals surface area (Å²) in [6.07, 6.45) is 8.19. The second kappa shape index (κ2) is 6.69. The van der Waals surface area contributed by atoms with Gasteiger partial charge in [-0.2, -0.15) is 0 Å². The molecule has 22 heavy (non-hydrogen) atoms. The van der Waals surface area contributed by atoms with E-state index >= 15 is 0 Å². The van der Waals surface area contributed by atoms with E-state index in [9.17, 15) is 4.79 Å². The highest BCUT2D eigenvalue weighted by atomic mass is 79.9. The third-order valence-corrected chi connectivity index (χ3v) is 5.27. The smallest absolute Gasteiger partial charge is 0.241 e. The number of hydrogen-bond acceptors (Lipinski definition) is 3. The van der Waals surface area contributed by atoms with Crippen LogP contribution in [0.3, 0.4) is 0 Å². The Kier molecular flexibility index (Phi) is 5.30. The van der Waals surface area contributed by atoms with Crippen LogP contribution in [0.15, 0.2) is 34.4 Å². The van der Waals surface area contributed by atoms with Crippen LogP contribution in [0.25, 0.3) is 0 Å². The molecule has 4 nitrogen and oxygen atoms in total. The highest BCUT2D eigenvalue weighted by Crippen LogP contribution is 2.52. The van der Waals surface area contributed by atoms with E-state index in [2.05, 4.69) is 42.8 Å². The van der Waals surface area contributed by atoms with Crippen molar-refractivity contribution in [2.45, 2.75) is 33.3 Å². The van der Waals surface area contributed by atoms with Gasteiger partial charge in [0.1, 0.15) is 0 Å². The molecule has 0 aromatic rings. The van der Waals surface area contributed by atoms with Gasteiger partial charge >= 0.3 is 0 Å². The van der Waals surface area contributed by atoms with Crippen LogP contribution in [0.5, 0.6) is 0 Å². The van der Waals surface area contributed by atoms with Gasteiger partial charge < -0.3 is 15.2 Å². The molecule has 0 aromatic carbocycles. The summed E-state index contributed by atoms with van der Waals surface area (Å²) in [7, 11) is 0. The van der Waals surface area contributed by atoms with E-state index in [1.54, 1.807) is 6.08 Å². The van der Waals surface area contributed by atoms with Crippen molar-refractivity contribution in [1.82, 2.24) is 0 Å². The molecule has 5 heteroatoms. The largest absolute Gasteiger partial charge is 0.376 e. The highest BCUT2D eigenvalue weighted by Gasteiger charge is 2.49. The fourth-order valence-corrected chi connectivity index (χ4v) is 3.80. The van der Waals surface area contributed by atoms with Crippen molar-refractivity contribution in [3.05, 3.63) is 34.4 Å². The zero-order chi connectivity index (χ0) is 16.4. The Hall–Kier alpha value is -0.910. The monoisotopic (exact) mass is 369 g/mol. The minimum absolute atomic E-state index is 0.00676. The van der Waals surface area contributed by atoms with Crippen LogP contribution in [0.2, 0.25) is 0 Å². The van der Waals surface area contributed by atoms with Crippen LogP contribution in [0, 0.1) is 10.8 Å². The first kappa shape index (κ1) is 17.4. The van der Waals surface area contributed by atoms with Crippen LogP contribution in [0.1, 0.15) is 27.2 Å². The first-order chi connectivity index (χ1) is 10.3. The number of amides is 1. The molecule has 0 saturated carbocycles. The van der Waals surface area contributed by atoms with Gasteiger partial charge in [0.15, 0.2) is 0 Å². The molecule has 0 aromatic heterocycles. The number of nitrogens with two attached hydrogens (primary N) is 1. The summed E-state index contributed by atoms with van der Waals surface area (Å²) >= 11 is 3.67. The number of ether oxygens (including phenoxy) is 2. The number of hydrogen-bond donors (Lipinski definition) is 1. The molecule has 1 saturated heterocycles. The van der Waals surface area contributed by atoms with Gasteiger partial charge in [-0.3, -0.25) is 4.79 Å². The number of halogens is 1. The molecule has 0 spiro atoms. The van der Waals surface area contributed by atoms with Gasteiger partial charge in [-0.25, -0.2) is 0 Å². The number of carbonyl (C=O) groups is 1. The first-order valence-corrected chi connectivity index (χ1v) is 8.30. The summed E-state index contributed by atoms with van der Waals surface area (Å²) < 4.78 is 12.7. The number of carbonyl (C=O) groups excluding carboxylic acids is 1. The molecule has 2 rings (SSSR count). The Morgan fingerprint density at radius 2 is 2.18 bits per heavy atom. The maximum Gasteiger partial charge on any atom is 0.241 e. The van der Waals surface area contributed by atoms with Gasteiger partial charge in [-0.1, -0.05) is 48.9 Å². The Morgan fingerprint density at radius 1 is 1.45 bits per heavy atom. The molecule has 1 amide bonds. The Balaban J connectivity index is 2.32. The third-order valence-electron chi connectivity index (χ3n) is 4.54. The minimum atomic E-state index is -0.446. The SMILES string of the molecule is CC(C)(C)C1(C2COCCO2)C=CC(C=CC(N)=O)=C(Br)C1. The zero-order valence-corrected chi connectivity index (χ0v) is 15.0. The summed E-state index contributed by atoms with van der Waals surface area (Å²) in [5, 5.41) is 0. The van der Waals surface area contributed by atoms with Crippen LogP contribution in [-0.4, -0.2) is 31.8 Å². The molecule has 1 aliphatic heterocycles. The fraction of sp³-hybridized carbons (Fsp3) is 0.588. The lowest BCUT2D eigenvalue weighted by molar-refractivity contribution is -0.153. The van der Waals surface area contributed by atoms with E-state index in [0.29, 0.717) is 19.8 Å². The van der Waals surface area contributed by atoms with Crippen molar-refractivity contribution in [2.75, 3.05) is 19.8 Å². The average molecular weight is 370 g/mol. The van der Waals surface area contributed by atoms with Gasteiger partial charge in [-0.15, -0.1) is 0 Å². The predicted octanol–water partition coefficient (Wildman–Crippen LogP) is 3.08. The normalized spacial score (nSPS) is 30.1. The molecule has 122 valence electrons. The van der Waals surface area contributed by atoms with Crippen LogP contribution >= 0.6 is 15.9 Å². The summed E-state index contributed by atoms with van der Waals surface area (Å²) in [6, 6.07) is 0. The molecule has 2 atom stereocenters. The van der Waals surface area contributed by atoms with E-state index in [-0.39, 0.29) is 16.9 Å². The van der Waals surface area contributed by atoms with Gasteiger partial charge in [0.05, 0.1) is 25.9 Å². The molecule has 0 bridgehead atoms. The maximum absolute atomic E-state index is 10.9. The second-order valence-corrected chi connectivity index (χ2v) is 7.79. The summed E-state index contributed by atoms with van der Waals surface area (Å²) in [6.45, 7) is 8.56. The average Bonchev–Trinajstić information content (AvgIpc) is 2.45. The fourth-order valence-electron chi connectivity index (χ4n) is 3.07. The van der Waals surface area contributed by atoms with Crippen LogP contribution in [0.4, 0.5) is 0 Å². The lowest BCUT2D eigenvalue weighted by Gasteiger charge is -2.50. The molecule has 1 fully saturated rings. The summed E-state index contributed by atoms with van der Waals surface area (Å²) in [5.74, 6) is -0.446. The molecule has 1 aliphatic carbocycles. The summed E-state index contributed by atoms with van der Waals surface area (Å²) in [5.41, 5.74) is 5.99. The molecule has 2 aliphatic rings. The van der Waals surface area contributed by atoms with Crippen molar-refractivity contribution >= 4 is 21.8 Å². The Morgan fingerprint density at radius 3 is 2.68 bits per heavy atom. The van der Waals surface area contributed by atoms with E-state index in [0.717, 1.165) is 16.5 Å². The number of primary amides is 1. The lowest BCUT2D eigenvalue weighted by Crippen LogP contribution is -2.50. The Labute approximate surface area is 140 Å². The van der Waals surface area contributed by atoms with Gasteiger partial charge in [0, 0.05) is 16.0 Å². The first-order valence-electron chi connectivity index (χ1n) is 7.51. The molecule has 0 radical (unpaired) electrons. The van der Waals surface area contributed by atoms with Crippen molar-refractivity contribution in [3.8, 4) is 0 Å². The number of allylic oxidation sites excluding steroid dienone is 4. The van der Waals surface area contributed by atoms with Gasteiger partial charge in [0.25, 0.3) is 0 Å². The van der Waals surface area contributed by atoms with Crippen molar-refractivity contribution in [1.29, 1.82) is 0 Å². The topological polar surface area (TPSA) is 61.6 Å². The highest BCUT2D eigenvalue weighted by molar-refractivity contribution is 9.11. The quantitative estimate of drug-likeness (QED) is 0.777. The van der Waals surface area contributed by atoms with E-state index in [4.69, 9.17) is 15.2 Å². The Bertz CT molecular complexity index is 525. The van der Waals surface area contributed by atoms with Gasteiger partial charge in [0.2, 0.25) is 5.91 Å². The lowest BCUT2D eigenvalue weighted by atomic mass is 9.59. The summed E-state index contributed by atoms with van der Waals surface area (Å²) in [4.78, 5) is 10.9. The molecular weight excluding hydrogens is 346 g/mol. The second-order valence-electron chi connectivity index (χ2n) is 6.83. The molecule has 2 unspecified atom stereocenters. The third kappa shape index (κ3) is 3.53. The number of rotatable bonds is 3. The predicted molar refractivity (Wildman–Crippen MR) is 90.5 cm³/mol. The van der Waals surface area contributed by atoms with E-state index in [1.165, 1.54) is 6.08 Å². The van der Waals surface area contributed by atoms with Crippen molar-refractivity contribution < 1.29 is 14.3 Å². The van der Waals surface area contributed by atoms with Crippen molar-refractivity contribution in [2.24, 2.45) is 16.6 Å². The molecule has 1 heterocycles. The van der Waals surface area contributed by atoms with E-state index in [1.807, 2.05) is 6.08 Å². The maximum atomic E-state index is 10.9. The van der Waals surface area contributed by atoms with Crippen LogP contribution < -0.4 is 5.73 Å². The van der Waals surface area contributed by atoms with Gasteiger partial charge in [-0.05, 0) is 23.5 Å². The minimum Gasteiger partial charge on any atom is -0.376 e. The molecular formula is C17H24BrNO3.